The highest BCUT2D eigenvalue weighted by Gasteiger charge is 2.30. The van der Waals surface area contributed by atoms with Crippen molar-refractivity contribution in [3.05, 3.63) is 30.1 Å². The van der Waals surface area contributed by atoms with E-state index in [9.17, 15) is 9.18 Å². The third-order valence-corrected chi connectivity index (χ3v) is 5.00. The number of nitrogens with zero attached hydrogens (tertiary/aromatic N) is 1. The SMILES string of the molecule is C[C@@H](CO)CS[C@H]1CCCN(c2cccc(F)c2)C1=O. The summed E-state index contributed by atoms with van der Waals surface area (Å²) in [6.45, 7) is 2.75. The number of thioether (sulfide) groups is 1. The predicted molar refractivity (Wildman–Crippen MR) is 80.5 cm³/mol. The number of hydrogen-bond acceptors (Lipinski definition) is 3. The van der Waals surface area contributed by atoms with E-state index in [1.54, 1.807) is 28.8 Å². The number of anilines is 1. The molecule has 1 fully saturated rings. The zero-order chi connectivity index (χ0) is 14.5. The Bertz CT molecular complexity index is 469. The number of aliphatic hydroxyl groups is 1. The van der Waals surface area contributed by atoms with Crippen molar-refractivity contribution in [3.8, 4) is 0 Å². The maximum atomic E-state index is 13.3. The van der Waals surface area contributed by atoms with E-state index in [1.807, 2.05) is 6.92 Å². The third kappa shape index (κ3) is 3.73. The summed E-state index contributed by atoms with van der Waals surface area (Å²) < 4.78 is 13.3. The van der Waals surface area contributed by atoms with Crippen molar-refractivity contribution in [3.63, 3.8) is 0 Å². The second-order valence-electron chi connectivity index (χ2n) is 5.22. The molecule has 0 spiro atoms. The van der Waals surface area contributed by atoms with E-state index in [4.69, 9.17) is 5.11 Å². The van der Waals surface area contributed by atoms with Crippen LogP contribution in [-0.2, 0) is 4.79 Å². The Labute approximate surface area is 123 Å². The lowest BCUT2D eigenvalue weighted by atomic mass is 10.1. The maximum Gasteiger partial charge on any atom is 0.240 e. The van der Waals surface area contributed by atoms with Crippen molar-refractivity contribution in [1.82, 2.24) is 0 Å². The van der Waals surface area contributed by atoms with Gasteiger partial charge in [0.2, 0.25) is 5.91 Å². The molecule has 0 unspecified atom stereocenters. The molecule has 1 N–H and O–H groups in total. The second kappa shape index (κ2) is 7.09. The lowest BCUT2D eigenvalue weighted by Gasteiger charge is -2.32. The molecule has 2 rings (SSSR count). The average Bonchev–Trinajstić information content (AvgIpc) is 2.45. The first-order valence-corrected chi connectivity index (χ1v) is 7.96. The molecule has 1 aliphatic rings. The molecule has 3 nitrogen and oxygen atoms in total. The van der Waals surface area contributed by atoms with Crippen molar-refractivity contribution in [2.24, 2.45) is 5.92 Å². The summed E-state index contributed by atoms with van der Waals surface area (Å²) in [5.74, 6) is 0.692. The Kier molecular flexibility index (Phi) is 5.43. The molecule has 1 saturated heterocycles. The quantitative estimate of drug-likeness (QED) is 0.908. The van der Waals surface area contributed by atoms with Gasteiger partial charge < -0.3 is 10.0 Å². The molecule has 0 radical (unpaired) electrons. The van der Waals surface area contributed by atoms with Crippen molar-refractivity contribution in [2.45, 2.75) is 25.0 Å². The van der Waals surface area contributed by atoms with E-state index < -0.39 is 0 Å². The second-order valence-corrected chi connectivity index (χ2v) is 6.46. The number of benzene rings is 1. The summed E-state index contributed by atoms with van der Waals surface area (Å²) in [5, 5.41) is 8.96. The van der Waals surface area contributed by atoms with Crippen LogP contribution in [0.1, 0.15) is 19.8 Å². The number of aliphatic hydroxyl groups excluding tert-OH is 1. The highest BCUT2D eigenvalue weighted by atomic mass is 32.2. The van der Waals surface area contributed by atoms with Crippen molar-refractivity contribution < 1.29 is 14.3 Å². The highest BCUT2D eigenvalue weighted by Crippen LogP contribution is 2.29. The molecule has 1 aliphatic heterocycles. The number of carbonyl (C=O) groups excluding carboxylic acids is 1. The van der Waals surface area contributed by atoms with Gasteiger partial charge in [-0.1, -0.05) is 13.0 Å². The van der Waals surface area contributed by atoms with Gasteiger partial charge in [-0.3, -0.25) is 4.79 Å². The lowest BCUT2D eigenvalue weighted by Crippen LogP contribution is -2.43. The molecule has 5 heteroatoms. The summed E-state index contributed by atoms with van der Waals surface area (Å²) in [6, 6.07) is 6.18. The lowest BCUT2D eigenvalue weighted by molar-refractivity contribution is -0.119. The molecule has 2 atom stereocenters. The fourth-order valence-corrected chi connectivity index (χ4v) is 3.50. The minimum absolute atomic E-state index is 0.0528. The predicted octanol–water partition coefficient (Wildman–Crippen LogP) is 2.68. The largest absolute Gasteiger partial charge is 0.396 e. The topological polar surface area (TPSA) is 40.5 Å². The summed E-state index contributed by atoms with van der Waals surface area (Å²) in [5.41, 5.74) is 0.635. The van der Waals surface area contributed by atoms with E-state index in [2.05, 4.69) is 0 Å². The number of hydrogen-bond donors (Lipinski definition) is 1. The molecule has 0 bridgehead atoms. The maximum absolute atomic E-state index is 13.3. The van der Waals surface area contributed by atoms with Gasteiger partial charge in [-0.2, -0.15) is 0 Å². The number of halogens is 1. The van der Waals surface area contributed by atoms with Gasteiger partial charge in [0.05, 0.1) is 5.25 Å². The van der Waals surface area contributed by atoms with Crippen LogP contribution >= 0.6 is 11.8 Å². The molecule has 1 aromatic rings. The summed E-state index contributed by atoms with van der Waals surface area (Å²) in [6.07, 6.45) is 1.78. The molecule has 1 aromatic carbocycles. The van der Waals surface area contributed by atoms with Gasteiger partial charge in [0.15, 0.2) is 0 Å². The van der Waals surface area contributed by atoms with E-state index in [1.165, 1.54) is 12.1 Å². The molecular weight excluding hydrogens is 277 g/mol. The smallest absolute Gasteiger partial charge is 0.240 e. The molecular formula is C15H20FNO2S. The van der Waals surface area contributed by atoms with Crippen LogP contribution in [0.3, 0.4) is 0 Å². The van der Waals surface area contributed by atoms with E-state index in [-0.39, 0.29) is 29.5 Å². The average molecular weight is 297 g/mol. The minimum atomic E-state index is -0.320. The van der Waals surface area contributed by atoms with Crippen LogP contribution in [-0.4, -0.2) is 35.2 Å². The molecule has 110 valence electrons. The number of carbonyl (C=O) groups is 1. The molecule has 0 aliphatic carbocycles. The fraction of sp³-hybridized carbons (Fsp3) is 0.533. The molecule has 1 heterocycles. The van der Waals surface area contributed by atoms with E-state index in [0.29, 0.717) is 12.2 Å². The first-order valence-electron chi connectivity index (χ1n) is 6.91. The van der Waals surface area contributed by atoms with Gasteiger partial charge >= 0.3 is 0 Å². The van der Waals surface area contributed by atoms with Crippen LogP contribution in [0.2, 0.25) is 0 Å². The number of piperidine rings is 1. The van der Waals surface area contributed by atoms with Crippen LogP contribution in [0.25, 0.3) is 0 Å². The zero-order valence-electron chi connectivity index (χ0n) is 11.6. The van der Waals surface area contributed by atoms with Crippen LogP contribution in [0.15, 0.2) is 24.3 Å². The number of rotatable bonds is 5. The van der Waals surface area contributed by atoms with Crippen LogP contribution in [0.4, 0.5) is 10.1 Å². The van der Waals surface area contributed by atoms with Crippen molar-refractivity contribution >= 4 is 23.4 Å². The molecule has 1 amide bonds. The standard InChI is InChI=1S/C15H20FNO2S/c1-11(9-18)10-20-14-6-3-7-17(15(14)19)13-5-2-4-12(16)8-13/h2,4-5,8,11,14,18H,3,6-7,9-10H2,1H3/t11-,14-/m0/s1. The number of amides is 1. The Morgan fingerprint density at radius 2 is 2.35 bits per heavy atom. The molecule has 0 aromatic heterocycles. The third-order valence-electron chi connectivity index (χ3n) is 3.40. The van der Waals surface area contributed by atoms with Crippen molar-refractivity contribution in [2.75, 3.05) is 23.8 Å². The Morgan fingerprint density at radius 3 is 3.05 bits per heavy atom. The highest BCUT2D eigenvalue weighted by molar-refractivity contribution is 8.00. The Hall–Kier alpha value is -1.07. The Balaban J connectivity index is 2.03. The van der Waals surface area contributed by atoms with Gasteiger partial charge in [-0.05, 0) is 42.7 Å². The Morgan fingerprint density at radius 1 is 1.55 bits per heavy atom. The zero-order valence-corrected chi connectivity index (χ0v) is 12.4. The van der Waals surface area contributed by atoms with Gasteiger partial charge in [0, 0.05) is 18.8 Å². The summed E-state index contributed by atoms with van der Waals surface area (Å²) >= 11 is 1.60. The summed E-state index contributed by atoms with van der Waals surface area (Å²) in [4.78, 5) is 14.1. The fourth-order valence-electron chi connectivity index (χ4n) is 2.23. The first kappa shape index (κ1) is 15.3. The van der Waals surface area contributed by atoms with Gasteiger partial charge in [0.25, 0.3) is 0 Å². The minimum Gasteiger partial charge on any atom is -0.396 e. The normalized spacial score (nSPS) is 21.1. The van der Waals surface area contributed by atoms with Crippen LogP contribution < -0.4 is 4.90 Å². The summed E-state index contributed by atoms with van der Waals surface area (Å²) in [7, 11) is 0. The molecule has 20 heavy (non-hydrogen) atoms. The van der Waals surface area contributed by atoms with Crippen molar-refractivity contribution in [1.29, 1.82) is 0 Å². The van der Waals surface area contributed by atoms with Gasteiger partial charge in [-0.25, -0.2) is 4.39 Å². The van der Waals surface area contributed by atoms with Crippen LogP contribution in [0, 0.1) is 11.7 Å². The van der Waals surface area contributed by atoms with Gasteiger partial charge in [0.1, 0.15) is 5.82 Å². The van der Waals surface area contributed by atoms with E-state index >= 15 is 0 Å². The monoisotopic (exact) mass is 297 g/mol. The van der Waals surface area contributed by atoms with Gasteiger partial charge in [-0.15, -0.1) is 11.8 Å². The molecule has 0 saturated carbocycles. The van der Waals surface area contributed by atoms with Crippen LogP contribution in [0.5, 0.6) is 0 Å². The van der Waals surface area contributed by atoms with E-state index in [0.717, 1.165) is 18.6 Å². The first-order chi connectivity index (χ1) is 9.61.